The molecular formula is C15H28N2O. The summed E-state index contributed by atoms with van der Waals surface area (Å²) in [5, 5.41) is 6.54. The van der Waals surface area contributed by atoms with Gasteiger partial charge in [0.15, 0.2) is 0 Å². The van der Waals surface area contributed by atoms with Crippen molar-refractivity contribution in [2.45, 2.75) is 63.8 Å². The van der Waals surface area contributed by atoms with Crippen LogP contribution in [0, 0.1) is 11.8 Å². The zero-order valence-corrected chi connectivity index (χ0v) is 11.9. The Hall–Kier alpha value is -0.570. The molecule has 18 heavy (non-hydrogen) atoms. The van der Waals surface area contributed by atoms with Crippen molar-refractivity contribution < 1.29 is 4.79 Å². The van der Waals surface area contributed by atoms with Crippen LogP contribution in [0.25, 0.3) is 0 Å². The van der Waals surface area contributed by atoms with Gasteiger partial charge in [0.25, 0.3) is 0 Å². The summed E-state index contributed by atoms with van der Waals surface area (Å²) in [7, 11) is 2.01. The Morgan fingerprint density at radius 3 is 2.50 bits per heavy atom. The van der Waals surface area contributed by atoms with Crippen LogP contribution < -0.4 is 10.6 Å². The number of carbonyl (C=O) groups is 1. The van der Waals surface area contributed by atoms with E-state index in [4.69, 9.17) is 0 Å². The van der Waals surface area contributed by atoms with Crippen LogP contribution in [0.3, 0.4) is 0 Å². The lowest BCUT2D eigenvalue weighted by molar-refractivity contribution is -0.123. The van der Waals surface area contributed by atoms with Crippen molar-refractivity contribution in [1.82, 2.24) is 10.6 Å². The average Bonchev–Trinajstić information content (AvgIpc) is 3.21. The molecular weight excluding hydrogens is 224 g/mol. The quantitative estimate of drug-likeness (QED) is 0.762. The van der Waals surface area contributed by atoms with Gasteiger partial charge < -0.3 is 10.6 Å². The lowest BCUT2D eigenvalue weighted by atomic mass is 9.79. The fraction of sp³-hybridized carbons (Fsp3) is 0.933. The van der Waals surface area contributed by atoms with Crippen LogP contribution in [-0.2, 0) is 4.79 Å². The molecule has 2 rings (SSSR count). The van der Waals surface area contributed by atoms with Crippen LogP contribution in [0.1, 0.15) is 58.3 Å². The average molecular weight is 252 g/mol. The molecule has 1 amide bonds. The number of rotatable bonds is 6. The number of amides is 1. The van der Waals surface area contributed by atoms with Gasteiger partial charge in [0.1, 0.15) is 0 Å². The predicted molar refractivity (Wildman–Crippen MR) is 74.4 cm³/mol. The summed E-state index contributed by atoms with van der Waals surface area (Å²) >= 11 is 0. The number of hydrogen-bond donors (Lipinski definition) is 2. The summed E-state index contributed by atoms with van der Waals surface area (Å²) in [4.78, 5) is 12.1. The first-order chi connectivity index (χ1) is 8.65. The fourth-order valence-electron chi connectivity index (χ4n) is 3.22. The van der Waals surface area contributed by atoms with Crippen LogP contribution in [0.15, 0.2) is 0 Å². The van der Waals surface area contributed by atoms with E-state index in [0.29, 0.717) is 12.3 Å². The summed E-state index contributed by atoms with van der Waals surface area (Å²) in [6.45, 7) is 3.12. The Kier molecular flexibility index (Phi) is 4.66. The van der Waals surface area contributed by atoms with Crippen molar-refractivity contribution in [2.24, 2.45) is 11.8 Å². The Bertz CT molecular complexity index is 280. The summed E-state index contributed by atoms with van der Waals surface area (Å²) < 4.78 is 0. The van der Waals surface area contributed by atoms with Gasteiger partial charge in [0.2, 0.25) is 5.91 Å². The first kappa shape index (κ1) is 13.9. The number of carbonyl (C=O) groups excluding carboxylic acids is 1. The molecule has 3 heteroatoms. The Morgan fingerprint density at radius 1 is 1.28 bits per heavy atom. The van der Waals surface area contributed by atoms with E-state index in [0.717, 1.165) is 25.3 Å². The zero-order valence-electron chi connectivity index (χ0n) is 11.9. The minimum atomic E-state index is 0.0746. The first-order valence-corrected chi connectivity index (χ1v) is 7.61. The van der Waals surface area contributed by atoms with Crippen molar-refractivity contribution in [3.63, 3.8) is 0 Å². The van der Waals surface area contributed by atoms with Gasteiger partial charge in [0.05, 0.1) is 0 Å². The summed E-state index contributed by atoms with van der Waals surface area (Å²) in [5.74, 6) is 1.77. The molecule has 0 aliphatic heterocycles. The second kappa shape index (κ2) is 6.05. The van der Waals surface area contributed by atoms with Crippen molar-refractivity contribution in [1.29, 1.82) is 0 Å². The van der Waals surface area contributed by atoms with E-state index >= 15 is 0 Å². The largest absolute Gasteiger partial charge is 0.356 e. The fourth-order valence-corrected chi connectivity index (χ4v) is 3.22. The molecule has 104 valence electrons. The molecule has 3 nitrogen and oxygen atoms in total. The van der Waals surface area contributed by atoms with Crippen LogP contribution >= 0.6 is 0 Å². The van der Waals surface area contributed by atoms with Crippen LogP contribution in [-0.4, -0.2) is 25.0 Å². The number of nitrogens with one attached hydrogen (secondary N) is 2. The Morgan fingerprint density at radius 2 is 1.94 bits per heavy atom. The molecule has 0 saturated heterocycles. The van der Waals surface area contributed by atoms with Crippen LogP contribution in [0.4, 0.5) is 0 Å². The van der Waals surface area contributed by atoms with E-state index in [1.165, 1.54) is 32.1 Å². The monoisotopic (exact) mass is 252 g/mol. The van der Waals surface area contributed by atoms with Crippen molar-refractivity contribution in [3.8, 4) is 0 Å². The highest BCUT2D eigenvalue weighted by atomic mass is 16.1. The van der Waals surface area contributed by atoms with E-state index in [1.54, 1.807) is 0 Å². The molecule has 0 heterocycles. The highest BCUT2D eigenvalue weighted by Crippen LogP contribution is 2.36. The second-order valence-corrected chi connectivity index (χ2v) is 6.39. The maximum absolute atomic E-state index is 12.1. The van der Waals surface area contributed by atoms with Gasteiger partial charge in [0, 0.05) is 18.5 Å². The Balaban J connectivity index is 1.74. The van der Waals surface area contributed by atoms with E-state index in [1.807, 2.05) is 7.05 Å². The molecule has 0 spiro atoms. The molecule has 0 bridgehead atoms. The highest BCUT2D eigenvalue weighted by Gasteiger charge is 2.33. The van der Waals surface area contributed by atoms with E-state index < -0.39 is 0 Å². The molecule has 2 fully saturated rings. The summed E-state index contributed by atoms with van der Waals surface area (Å²) in [6.07, 6.45) is 9.50. The third-order valence-corrected chi connectivity index (χ3v) is 4.89. The van der Waals surface area contributed by atoms with E-state index in [2.05, 4.69) is 17.6 Å². The SMILES string of the molecule is CNC1(CC(=O)NCC(C)C2CC2)CCCCC1. The molecule has 2 N–H and O–H groups in total. The Labute approximate surface area is 111 Å². The second-order valence-electron chi connectivity index (χ2n) is 6.39. The van der Waals surface area contributed by atoms with Crippen LogP contribution in [0.5, 0.6) is 0 Å². The van der Waals surface area contributed by atoms with Crippen LogP contribution in [0.2, 0.25) is 0 Å². The van der Waals surface area contributed by atoms with Crippen molar-refractivity contribution >= 4 is 5.91 Å². The molecule has 0 aromatic carbocycles. The minimum absolute atomic E-state index is 0.0746. The predicted octanol–water partition coefficient (Wildman–Crippen LogP) is 2.46. The first-order valence-electron chi connectivity index (χ1n) is 7.61. The third kappa shape index (κ3) is 3.71. The number of hydrogen-bond acceptors (Lipinski definition) is 2. The molecule has 0 radical (unpaired) electrons. The lowest BCUT2D eigenvalue weighted by Gasteiger charge is -2.36. The molecule has 1 atom stereocenters. The third-order valence-electron chi connectivity index (χ3n) is 4.89. The van der Waals surface area contributed by atoms with Gasteiger partial charge in [-0.1, -0.05) is 26.2 Å². The molecule has 2 aliphatic carbocycles. The van der Waals surface area contributed by atoms with Gasteiger partial charge in [-0.05, 0) is 44.6 Å². The van der Waals surface area contributed by atoms with Crippen molar-refractivity contribution in [2.75, 3.05) is 13.6 Å². The summed E-state index contributed by atoms with van der Waals surface area (Å²) in [5.41, 5.74) is 0.0746. The molecule has 0 aromatic rings. The van der Waals surface area contributed by atoms with Gasteiger partial charge in [-0.2, -0.15) is 0 Å². The van der Waals surface area contributed by atoms with Gasteiger partial charge >= 0.3 is 0 Å². The zero-order chi connectivity index (χ0) is 13.0. The van der Waals surface area contributed by atoms with Gasteiger partial charge in [-0.3, -0.25) is 4.79 Å². The summed E-state index contributed by atoms with van der Waals surface area (Å²) in [6, 6.07) is 0. The van der Waals surface area contributed by atoms with Crippen molar-refractivity contribution in [3.05, 3.63) is 0 Å². The minimum Gasteiger partial charge on any atom is -0.356 e. The van der Waals surface area contributed by atoms with Gasteiger partial charge in [-0.15, -0.1) is 0 Å². The highest BCUT2D eigenvalue weighted by molar-refractivity contribution is 5.77. The molecule has 2 aliphatic rings. The lowest BCUT2D eigenvalue weighted by Crippen LogP contribution is -2.48. The molecule has 0 aromatic heterocycles. The van der Waals surface area contributed by atoms with E-state index in [9.17, 15) is 4.79 Å². The van der Waals surface area contributed by atoms with E-state index in [-0.39, 0.29) is 11.4 Å². The maximum Gasteiger partial charge on any atom is 0.221 e. The molecule has 1 unspecified atom stereocenters. The standard InChI is InChI=1S/C15H28N2O/c1-12(13-6-7-13)11-17-14(18)10-15(16-2)8-4-3-5-9-15/h12-13,16H,3-11H2,1-2H3,(H,17,18). The normalized spacial score (nSPS) is 24.6. The maximum atomic E-state index is 12.1. The molecule has 2 saturated carbocycles. The van der Waals surface area contributed by atoms with Gasteiger partial charge in [-0.25, -0.2) is 0 Å². The smallest absolute Gasteiger partial charge is 0.221 e. The topological polar surface area (TPSA) is 41.1 Å².